The fraction of sp³-hybridized carbons (Fsp3) is 0.222. The van der Waals surface area contributed by atoms with Gasteiger partial charge in [-0.1, -0.05) is 12.1 Å². The van der Waals surface area contributed by atoms with Crippen molar-refractivity contribution in [2.75, 3.05) is 12.4 Å². The maximum absolute atomic E-state index is 12.5. The Kier molecular flexibility index (Phi) is 5.80. The molecule has 0 aromatic heterocycles. The number of carbonyl (C=O) groups excluding carboxylic acids is 2. The summed E-state index contributed by atoms with van der Waals surface area (Å²) in [4.78, 5) is 23.9. The van der Waals surface area contributed by atoms with Crippen LogP contribution in [0.5, 0.6) is 5.75 Å². The number of anilines is 1. The van der Waals surface area contributed by atoms with Crippen LogP contribution in [0.3, 0.4) is 0 Å². The van der Waals surface area contributed by atoms with Crippen LogP contribution in [0.2, 0.25) is 0 Å². The van der Waals surface area contributed by atoms with Gasteiger partial charge >= 0.3 is 6.18 Å². The van der Waals surface area contributed by atoms with Gasteiger partial charge in [0.05, 0.1) is 12.7 Å². The number of rotatable bonds is 6. The first kappa shape index (κ1) is 18.5. The highest BCUT2D eigenvalue weighted by Crippen LogP contribution is 2.29. The zero-order valence-electron chi connectivity index (χ0n) is 13.4. The quantitative estimate of drug-likeness (QED) is 0.789. The van der Waals surface area contributed by atoms with E-state index < -0.39 is 17.6 Å². The molecular weight excluding hydrogens is 335 g/mol. The molecule has 1 amide bonds. The Morgan fingerprint density at radius 3 is 2.32 bits per heavy atom. The van der Waals surface area contributed by atoms with Gasteiger partial charge in [0.1, 0.15) is 5.75 Å². The summed E-state index contributed by atoms with van der Waals surface area (Å²) in [5.74, 6) is -0.127. The fourth-order valence-electron chi connectivity index (χ4n) is 2.13. The third-order valence-corrected chi connectivity index (χ3v) is 3.47. The number of halogens is 3. The first-order chi connectivity index (χ1) is 11.8. The van der Waals surface area contributed by atoms with E-state index in [0.717, 1.165) is 12.1 Å². The maximum atomic E-state index is 12.5. The van der Waals surface area contributed by atoms with Crippen LogP contribution in [0.1, 0.15) is 28.8 Å². The third-order valence-electron chi connectivity index (χ3n) is 3.47. The molecule has 0 aliphatic carbocycles. The minimum Gasteiger partial charge on any atom is -0.497 e. The molecule has 132 valence electrons. The van der Waals surface area contributed by atoms with Gasteiger partial charge in [0, 0.05) is 24.1 Å². The lowest BCUT2D eigenvalue weighted by Gasteiger charge is -2.09. The van der Waals surface area contributed by atoms with Crippen LogP contribution in [0.4, 0.5) is 18.9 Å². The predicted octanol–water partition coefficient (Wildman–Crippen LogP) is 4.32. The Morgan fingerprint density at radius 1 is 1.04 bits per heavy atom. The van der Waals surface area contributed by atoms with Crippen molar-refractivity contribution in [2.45, 2.75) is 19.0 Å². The zero-order valence-corrected chi connectivity index (χ0v) is 13.4. The van der Waals surface area contributed by atoms with E-state index in [0.29, 0.717) is 11.3 Å². The number of hydrogen-bond acceptors (Lipinski definition) is 3. The summed E-state index contributed by atoms with van der Waals surface area (Å²) < 4.78 is 42.5. The van der Waals surface area contributed by atoms with Crippen molar-refractivity contribution in [1.82, 2.24) is 0 Å². The van der Waals surface area contributed by atoms with Crippen LogP contribution in [0.15, 0.2) is 48.5 Å². The fourth-order valence-corrected chi connectivity index (χ4v) is 2.13. The summed E-state index contributed by atoms with van der Waals surface area (Å²) in [6.45, 7) is 0. The predicted molar refractivity (Wildman–Crippen MR) is 86.6 cm³/mol. The molecule has 0 aliphatic rings. The van der Waals surface area contributed by atoms with Gasteiger partial charge in [0.2, 0.25) is 5.91 Å². The van der Waals surface area contributed by atoms with E-state index >= 15 is 0 Å². The van der Waals surface area contributed by atoms with Crippen molar-refractivity contribution >= 4 is 17.4 Å². The average molecular weight is 351 g/mol. The number of ketones is 1. The summed E-state index contributed by atoms with van der Waals surface area (Å²) in [5.41, 5.74) is -0.118. The number of alkyl halides is 3. The van der Waals surface area contributed by atoms with Gasteiger partial charge in [0.15, 0.2) is 5.78 Å². The van der Waals surface area contributed by atoms with Gasteiger partial charge in [-0.2, -0.15) is 13.2 Å². The van der Waals surface area contributed by atoms with E-state index in [2.05, 4.69) is 5.32 Å². The highest BCUT2D eigenvalue weighted by molar-refractivity contribution is 6.00. The van der Waals surface area contributed by atoms with Crippen molar-refractivity contribution in [3.05, 3.63) is 59.7 Å². The van der Waals surface area contributed by atoms with Gasteiger partial charge in [-0.25, -0.2) is 0 Å². The van der Waals surface area contributed by atoms with Crippen molar-refractivity contribution in [1.29, 1.82) is 0 Å². The Morgan fingerprint density at radius 2 is 1.72 bits per heavy atom. The molecule has 7 heteroatoms. The summed E-state index contributed by atoms with van der Waals surface area (Å²) in [6.07, 6.45) is -4.51. The van der Waals surface area contributed by atoms with E-state index in [9.17, 15) is 22.8 Å². The zero-order chi connectivity index (χ0) is 18.4. The van der Waals surface area contributed by atoms with Crippen LogP contribution in [0, 0.1) is 0 Å². The number of carbonyl (C=O) groups is 2. The lowest BCUT2D eigenvalue weighted by molar-refractivity contribution is -0.137. The van der Waals surface area contributed by atoms with Crippen LogP contribution in [0.25, 0.3) is 0 Å². The number of methoxy groups -OCH3 is 1. The smallest absolute Gasteiger partial charge is 0.416 e. The highest BCUT2D eigenvalue weighted by Gasteiger charge is 2.29. The molecule has 25 heavy (non-hydrogen) atoms. The van der Waals surface area contributed by atoms with Gasteiger partial charge in [0.25, 0.3) is 0 Å². The second kappa shape index (κ2) is 7.83. The van der Waals surface area contributed by atoms with E-state index in [1.54, 1.807) is 24.3 Å². The molecule has 1 N–H and O–H groups in total. The van der Waals surface area contributed by atoms with Crippen molar-refractivity contribution in [3.8, 4) is 5.75 Å². The first-order valence-electron chi connectivity index (χ1n) is 7.44. The number of ether oxygens (including phenoxy) is 1. The second-order valence-electron chi connectivity index (χ2n) is 5.28. The number of Topliss-reactive ketones (excluding diaryl/α,β-unsaturated/α-hetero) is 1. The molecule has 2 aromatic carbocycles. The standard InChI is InChI=1S/C18H16F3NO3/c1-25-15-4-2-3-12(11-15)16(23)9-10-17(24)22-14-7-5-13(6-8-14)18(19,20)21/h2-8,11H,9-10H2,1H3,(H,22,24). The van der Waals surface area contributed by atoms with Gasteiger partial charge in [-0.05, 0) is 36.4 Å². The van der Waals surface area contributed by atoms with Crippen molar-refractivity contribution in [2.24, 2.45) is 0 Å². The number of hydrogen-bond donors (Lipinski definition) is 1. The molecule has 0 heterocycles. The minimum atomic E-state index is -4.42. The van der Waals surface area contributed by atoms with Gasteiger partial charge in [-0.15, -0.1) is 0 Å². The third kappa shape index (κ3) is 5.34. The number of benzene rings is 2. The summed E-state index contributed by atoms with van der Waals surface area (Å²) in [6, 6.07) is 10.7. The van der Waals surface area contributed by atoms with Gasteiger partial charge in [-0.3, -0.25) is 9.59 Å². The summed E-state index contributed by atoms with van der Waals surface area (Å²) >= 11 is 0. The van der Waals surface area contributed by atoms with E-state index in [1.165, 1.54) is 19.2 Å². The summed E-state index contributed by atoms with van der Waals surface area (Å²) in [7, 11) is 1.49. The Balaban J connectivity index is 1.89. The largest absolute Gasteiger partial charge is 0.497 e. The molecule has 0 unspecified atom stereocenters. The molecule has 0 aliphatic heterocycles. The normalized spacial score (nSPS) is 11.0. The molecule has 0 radical (unpaired) electrons. The van der Waals surface area contributed by atoms with Crippen LogP contribution in [-0.2, 0) is 11.0 Å². The Hall–Kier alpha value is -2.83. The minimum absolute atomic E-state index is 0.0143. The number of nitrogens with one attached hydrogen (secondary N) is 1. The Bertz CT molecular complexity index is 755. The summed E-state index contributed by atoms with van der Waals surface area (Å²) in [5, 5.41) is 2.47. The van der Waals surface area contributed by atoms with Crippen LogP contribution in [-0.4, -0.2) is 18.8 Å². The van der Waals surface area contributed by atoms with Crippen LogP contribution < -0.4 is 10.1 Å². The monoisotopic (exact) mass is 351 g/mol. The highest BCUT2D eigenvalue weighted by atomic mass is 19.4. The van der Waals surface area contributed by atoms with E-state index in [-0.39, 0.29) is 24.3 Å². The molecule has 0 fully saturated rings. The number of amides is 1. The van der Waals surface area contributed by atoms with Crippen molar-refractivity contribution in [3.63, 3.8) is 0 Å². The lowest BCUT2D eigenvalue weighted by atomic mass is 10.1. The molecule has 0 spiro atoms. The SMILES string of the molecule is COc1cccc(C(=O)CCC(=O)Nc2ccc(C(F)(F)F)cc2)c1. The molecule has 0 saturated heterocycles. The maximum Gasteiger partial charge on any atom is 0.416 e. The molecule has 0 saturated carbocycles. The molecule has 2 rings (SSSR count). The molecule has 2 aromatic rings. The van der Waals surface area contributed by atoms with Gasteiger partial charge < -0.3 is 10.1 Å². The molecule has 0 bridgehead atoms. The van der Waals surface area contributed by atoms with E-state index in [4.69, 9.17) is 4.74 Å². The van der Waals surface area contributed by atoms with E-state index in [1.807, 2.05) is 0 Å². The first-order valence-corrected chi connectivity index (χ1v) is 7.44. The van der Waals surface area contributed by atoms with Crippen molar-refractivity contribution < 1.29 is 27.5 Å². The molecule has 4 nitrogen and oxygen atoms in total. The lowest BCUT2D eigenvalue weighted by Crippen LogP contribution is -2.14. The average Bonchev–Trinajstić information content (AvgIpc) is 2.59. The second-order valence-corrected chi connectivity index (χ2v) is 5.28. The Labute approximate surface area is 142 Å². The van der Waals surface area contributed by atoms with Crippen LogP contribution >= 0.6 is 0 Å². The topological polar surface area (TPSA) is 55.4 Å². The molecular formula is C18H16F3NO3. The molecule has 0 atom stereocenters.